The lowest BCUT2D eigenvalue weighted by Gasteiger charge is -2.19. The van der Waals surface area contributed by atoms with E-state index in [0.29, 0.717) is 23.3 Å². The van der Waals surface area contributed by atoms with Crippen LogP contribution in [0.15, 0.2) is 16.5 Å². The highest BCUT2D eigenvalue weighted by atomic mass is 32.2. The minimum absolute atomic E-state index is 0.122. The minimum atomic E-state index is -0.122. The predicted molar refractivity (Wildman–Crippen MR) is 73.6 cm³/mol. The van der Waals surface area contributed by atoms with Crippen LogP contribution in [0.4, 0.5) is 0 Å². The summed E-state index contributed by atoms with van der Waals surface area (Å²) in [6.45, 7) is 2.48. The van der Waals surface area contributed by atoms with E-state index < -0.39 is 0 Å². The molecule has 1 aromatic rings. The molecule has 2 unspecified atom stereocenters. The maximum Gasteiger partial charge on any atom is 0.287 e. The molecule has 3 N–H and O–H groups in total. The Morgan fingerprint density at radius 2 is 2.39 bits per heavy atom. The number of nitrogens with two attached hydrogens (primary N) is 1. The van der Waals surface area contributed by atoms with Gasteiger partial charge in [-0.15, -0.1) is 0 Å². The summed E-state index contributed by atoms with van der Waals surface area (Å²) in [5, 5.41) is 3.62. The van der Waals surface area contributed by atoms with Crippen molar-refractivity contribution in [2.24, 2.45) is 5.73 Å². The zero-order chi connectivity index (χ0) is 13.0. The molecule has 2 rings (SSSR count). The maximum atomic E-state index is 12.0. The van der Waals surface area contributed by atoms with Crippen LogP contribution in [-0.4, -0.2) is 23.0 Å². The zero-order valence-electron chi connectivity index (χ0n) is 10.6. The Balaban J connectivity index is 1.94. The van der Waals surface area contributed by atoms with Gasteiger partial charge in [-0.1, -0.05) is 13.3 Å². The van der Waals surface area contributed by atoms with Gasteiger partial charge in [-0.05, 0) is 30.7 Å². The van der Waals surface area contributed by atoms with Crippen LogP contribution in [0, 0.1) is 0 Å². The predicted octanol–water partition coefficient (Wildman–Crippen LogP) is 2.14. The van der Waals surface area contributed by atoms with Crippen molar-refractivity contribution in [2.75, 3.05) is 5.75 Å². The zero-order valence-corrected chi connectivity index (χ0v) is 11.5. The van der Waals surface area contributed by atoms with E-state index in [1.165, 1.54) is 12.8 Å². The Labute approximate surface area is 112 Å². The monoisotopic (exact) mass is 268 g/mol. The normalized spacial score (nSPS) is 23.2. The van der Waals surface area contributed by atoms with Crippen LogP contribution < -0.4 is 11.1 Å². The molecule has 0 spiro atoms. The van der Waals surface area contributed by atoms with Gasteiger partial charge in [0.05, 0.1) is 6.54 Å². The molecule has 0 radical (unpaired) electrons. The fraction of sp³-hybridized carbons (Fsp3) is 0.615. The highest BCUT2D eigenvalue weighted by Gasteiger charge is 2.29. The van der Waals surface area contributed by atoms with Gasteiger partial charge in [0.2, 0.25) is 0 Å². The number of hydrogen-bond donors (Lipinski definition) is 2. The van der Waals surface area contributed by atoms with E-state index in [1.807, 2.05) is 11.8 Å². The standard InChI is InChI=1S/C13H20N2O2S/c1-2-18-12-5-3-4-10(12)15-13(16)11-7-6-9(8-14)17-11/h6-7,10,12H,2-5,8,14H2,1H3,(H,15,16). The number of thioether (sulfide) groups is 1. The summed E-state index contributed by atoms with van der Waals surface area (Å²) in [6, 6.07) is 3.71. The smallest absolute Gasteiger partial charge is 0.287 e. The van der Waals surface area contributed by atoms with Crippen molar-refractivity contribution in [3.05, 3.63) is 23.7 Å². The number of carbonyl (C=O) groups excluding carboxylic acids is 1. The Kier molecular flexibility index (Phi) is 4.72. The lowest BCUT2D eigenvalue weighted by molar-refractivity contribution is 0.0909. The van der Waals surface area contributed by atoms with E-state index in [1.54, 1.807) is 12.1 Å². The molecule has 18 heavy (non-hydrogen) atoms. The van der Waals surface area contributed by atoms with Gasteiger partial charge >= 0.3 is 0 Å². The van der Waals surface area contributed by atoms with E-state index >= 15 is 0 Å². The van der Waals surface area contributed by atoms with Crippen molar-refractivity contribution >= 4 is 17.7 Å². The first-order valence-electron chi connectivity index (χ1n) is 6.45. The van der Waals surface area contributed by atoms with E-state index in [2.05, 4.69) is 12.2 Å². The largest absolute Gasteiger partial charge is 0.455 e. The van der Waals surface area contributed by atoms with Crippen molar-refractivity contribution < 1.29 is 9.21 Å². The quantitative estimate of drug-likeness (QED) is 0.858. The minimum Gasteiger partial charge on any atom is -0.455 e. The fourth-order valence-corrected chi connectivity index (χ4v) is 3.55. The van der Waals surface area contributed by atoms with E-state index in [9.17, 15) is 4.79 Å². The average molecular weight is 268 g/mol. The molecule has 0 bridgehead atoms. The summed E-state index contributed by atoms with van der Waals surface area (Å²) in [6.07, 6.45) is 3.44. The third-order valence-corrected chi connectivity index (χ3v) is 4.56. The topological polar surface area (TPSA) is 68.3 Å². The molecular formula is C13H20N2O2S. The lowest BCUT2D eigenvalue weighted by atomic mass is 10.2. The fourth-order valence-electron chi connectivity index (χ4n) is 2.35. The van der Waals surface area contributed by atoms with Crippen molar-refractivity contribution in [3.8, 4) is 0 Å². The summed E-state index contributed by atoms with van der Waals surface area (Å²) in [5.41, 5.74) is 5.46. The number of amides is 1. The van der Waals surface area contributed by atoms with Crippen molar-refractivity contribution in [3.63, 3.8) is 0 Å². The molecule has 4 nitrogen and oxygen atoms in total. The van der Waals surface area contributed by atoms with Gasteiger partial charge in [0, 0.05) is 11.3 Å². The molecule has 1 heterocycles. The number of furan rings is 1. The molecule has 1 aliphatic rings. The summed E-state index contributed by atoms with van der Waals surface area (Å²) in [4.78, 5) is 12.0. The second kappa shape index (κ2) is 6.29. The molecule has 1 amide bonds. The van der Waals surface area contributed by atoms with Crippen LogP contribution in [-0.2, 0) is 6.54 Å². The molecule has 5 heteroatoms. The van der Waals surface area contributed by atoms with Crippen molar-refractivity contribution in [1.82, 2.24) is 5.32 Å². The molecule has 1 fully saturated rings. The third-order valence-electron chi connectivity index (χ3n) is 3.24. The Morgan fingerprint density at radius 1 is 1.56 bits per heavy atom. The number of hydrogen-bond acceptors (Lipinski definition) is 4. The van der Waals surface area contributed by atoms with Crippen LogP contribution in [0.3, 0.4) is 0 Å². The Morgan fingerprint density at radius 3 is 3.06 bits per heavy atom. The third kappa shape index (κ3) is 3.09. The first kappa shape index (κ1) is 13.5. The number of rotatable bonds is 5. The summed E-state index contributed by atoms with van der Waals surface area (Å²) >= 11 is 1.93. The summed E-state index contributed by atoms with van der Waals surface area (Å²) < 4.78 is 5.36. The Bertz CT molecular complexity index is 405. The Hall–Kier alpha value is -0.940. The van der Waals surface area contributed by atoms with Crippen LogP contribution in [0.5, 0.6) is 0 Å². The molecule has 0 aromatic carbocycles. The lowest BCUT2D eigenvalue weighted by Crippen LogP contribution is -2.38. The van der Waals surface area contributed by atoms with E-state index in [-0.39, 0.29) is 11.9 Å². The average Bonchev–Trinajstić information content (AvgIpc) is 2.99. The first-order valence-corrected chi connectivity index (χ1v) is 7.50. The number of carbonyl (C=O) groups is 1. The molecule has 0 saturated heterocycles. The van der Waals surface area contributed by atoms with Crippen LogP contribution >= 0.6 is 11.8 Å². The first-order chi connectivity index (χ1) is 8.74. The highest BCUT2D eigenvalue weighted by Crippen LogP contribution is 2.30. The molecule has 0 aliphatic heterocycles. The molecular weight excluding hydrogens is 248 g/mol. The van der Waals surface area contributed by atoms with Gasteiger partial charge in [-0.2, -0.15) is 11.8 Å². The molecule has 1 saturated carbocycles. The van der Waals surface area contributed by atoms with E-state index in [4.69, 9.17) is 10.2 Å². The van der Waals surface area contributed by atoms with Gasteiger partial charge in [-0.25, -0.2) is 0 Å². The summed E-state index contributed by atoms with van der Waals surface area (Å²) in [7, 11) is 0. The second-order valence-electron chi connectivity index (χ2n) is 4.47. The van der Waals surface area contributed by atoms with Gasteiger partial charge in [0.25, 0.3) is 5.91 Å². The van der Waals surface area contributed by atoms with Crippen LogP contribution in [0.25, 0.3) is 0 Å². The maximum absolute atomic E-state index is 12.0. The number of nitrogens with one attached hydrogen (secondary N) is 1. The van der Waals surface area contributed by atoms with Crippen molar-refractivity contribution in [2.45, 2.75) is 44.0 Å². The molecule has 100 valence electrons. The second-order valence-corrected chi connectivity index (χ2v) is 5.99. The summed E-state index contributed by atoms with van der Waals surface area (Å²) in [5.74, 6) is 1.98. The van der Waals surface area contributed by atoms with Gasteiger partial charge in [0.15, 0.2) is 5.76 Å². The molecule has 2 atom stereocenters. The SMILES string of the molecule is CCSC1CCCC1NC(=O)c1ccc(CN)o1. The van der Waals surface area contributed by atoms with Gasteiger partial charge in [0.1, 0.15) is 5.76 Å². The van der Waals surface area contributed by atoms with Gasteiger partial charge < -0.3 is 15.5 Å². The van der Waals surface area contributed by atoms with E-state index in [0.717, 1.165) is 12.2 Å². The highest BCUT2D eigenvalue weighted by molar-refractivity contribution is 7.99. The van der Waals surface area contributed by atoms with Crippen LogP contribution in [0.1, 0.15) is 42.5 Å². The molecule has 1 aliphatic carbocycles. The van der Waals surface area contributed by atoms with Gasteiger partial charge in [-0.3, -0.25) is 4.79 Å². The van der Waals surface area contributed by atoms with Crippen molar-refractivity contribution in [1.29, 1.82) is 0 Å². The molecule has 1 aromatic heterocycles. The van der Waals surface area contributed by atoms with Crippen LogP contribution in [0.2, 0.25) is 0 Å².